The first-order valence-corrected chi connectivity index (χ1v) is 11.6. The van der Waals surface area contributed by atoms with Crippen LogP contribution in [0.1, 0.15) is 38.8 Å². The number of carbonyl (C=O) groups is 3. The number of aromatic nitrogens is 1. The van der Waals surface area contributed by atoms with Gasteiger partial charge in [0.15, 0.2) is 0 Å². The van der Waals surface area contributed by atoms with Crippen LogP contribution in [0.25, 0.3) is 0 Å². The largest absolute Gasteiger partial charge is 0.326 e. The molecule has 1 fully saturated rings. The molecule has 3 heterocycles. The number of likely N-dealkylation sites (tertiary alicyclic amines) is 1. The fourth-order valence-electron chi connectivity index (χ4n) is 4.88. The van der Waals surface area contributed by atoms with Crippen molar-refractivity contribution in [2.45, 2.75) is 45.7 Å². The van der Waals surface area contributed by atoms with Crippen LogP contribution in [0.15, 0.2) is 47.3 Å². The van der Waals surface area contributed by atoms with Crippen molar-refractivity contribution < 1.29 is 14.4 Å². The Morgan fingerprint density at radius 3 is 2.26 bits per heavy atom. The Bertz CT molecular complexity index is 1140. The molecule has 1 aromatic heterocycles. The summed E-state index contributed by atoms with van der Waals surface area (Å²) in [5.41, 5.74) is 2.20. The Balaban J connectivity index is 1.41. The second kappa shape index (κ2) is 9.70. The van der Waals surface area contributed by atoms with Crippen molar-refractivity contribution in [3.05, 3.63) is 58.5 Å². The molecule has 9 nitrogen and oxygen atoms in total. The van der Waals surface area contributed by atoms with Gasteiger partial charge in [-0.05, 0) is 48.6 Å². The van der Waals surface area contributed by atoms with Gasteiger partial charge in [-0.25, -0.2) is 4.79 Å². The summed E-state index contributed by atoms with van der Waals surface area (Å²) in [4.78, 5) is 51.3. The minimum Gasteiger partial charge on any atom is -0.326 e. The molecule has 0 saturated carbocycles. The summed E-state index contributed by atoms with van der Waals surface area (Å²) >= 11 is 0. The van der Waals surface area contributed by atoms with Crippen LogP contribution in [-0.4, -0.2) is 46.4 Å². The number of rotatable bonds is 5. The average Bonchev–Trinajstić information content (AvgIpc) is 2.78. The van der Waals surface area contributed by atoms with Crippen molar-refractivity contribution in [3.8, 4) is 0 Å². The third-order valence-electron chi connectivity index (χ3n) is 6.47. The van der Waals surface area contributed by atoms with Gasteiger partial charge in [-0.3, -0.25) is 14.4 Å². The third-order valence-corrected chi connectivity index (χ3v) is 6.47. The second-order valence-corrected chi connectivity index (χ2v) is 9.52. The van der Waals surface area contributed by atoms with Crippen LogP contribution >= 0.6 is 0 Å². The second-order valence-electron chi connectivity index (χ2n) is 9.52. The zero-order valence-electron chi connectivity index (χ0n) is 19.7. The highest BCUT2D eigenvalue weighted by molar-refractivity contribution is 5.97. The maximum Gasteiger partial charge on any atom is 0.318 e. The van der Waals surface area contributed by atoms with E-state index in [0.29, 0.717) is 31.0 Å². The molecule has 0 radical (unpaired) electrons. The lowest BCUT2D eigenvalue weighted by atomic mass is 9.83. The summed E-state index contributed by atoms with van der Waals surface area (Å²) < 4.78 is 1.83. The van der Waals surface area contributed by atoms with E-state index in [1.54, 1.807) is 41.3 Å². The lowest BCUT2D eigenvalue weighted by Crippen LogP contribution is -2.56. The van der Waals surface area contributed by atoms with Crippen molar-refractivity contribution in [2.24, 2.45) is 11.8 Å². The predicted octanol–water partition coefficient (Wildman–Crippen LogP) is 2.60. The molecule has 3 atom stereocenters. The Morgan fingerprint density at radius 2 is 1.62 bits per heavy atom. The van der Waals surface area contributed by atoms with Gasteiger partial charge in [-0.1, -0.05) is 19.9 Å². The van der Waals surface area contributed by atoms with Gasteiger partial charge in [0.05, 0.1) is 0 Å². The molecule has 9 heteroatoms. The summed E-state index contributed by atoms with van der Waals surface area (Å²) in [6.07, 6.45) is 0.954. The lowest BCUT2D eigenvalue weighted by Gasteiger charge is -2.43. The fraction of sp³-hybridized carbons (Fsp3) is 0.440. The lowest BCUT2D eigenvalue weighted by molar-refractivity contribution is -0.119. The van der Waals surface area contributed by atoms with Crippen molar-refractivity contribution in [1.82, 2.24) is 14.8 Å². The number of piperidine rings is 1. The van der Waals surface area contributed by atoms with Crippen LogP contribution < -0.4 is 21.5 Å². The van der Waals surface area contributed by atoms with E-state index in [1.165, 1.54) is 6.92 Å². The van der Waals surface area contributed by atoms with Crippen molar-refractivity contribution >= 4 is 29.2 Å². The van der Waals surface area contributed by atoms with E-state index in [9.17, 15) is 19.2 Å². The van der Waals surface area contributed by atoms with Crippen LogP contribution in [0.2, 0.25) is 0 Å². The summed E-state index contributed by atoms with van der Waals surface area (Å²) in [5, 5.41) is 8.45. The first kappa shape index (κ1) is 23.5. The van der Waals surface area contributed by atoms with Crippen LogP contribution in [0.4, 0.5) is 16.2 Å². The van der Waals surface area contributed by atoms with E-state index in [0.717, 1.165) is 12.1 Å². The predicted molar refractivity (Wildman–Crippen MR) is 130 cm³/mol. The molecule has 2 aliphatic rings. The standard InChI is InChI=1S/C25H31N5O4/c1-15(2)23(24(33)27-20-9-7-19(8-10-20)26-16(3)31)28-25(34)29-12-17-11-18(14-29)21-5-4-6-22(32)30(21)13-17/h4-10,15,17-18,23H,11-14H2,1-3H3,(H,26,31)(H,27,33)(H,28,34)/t17-,18?,23+/m1/s1. The number of urea groups is 1. The molecule has 2 aromatic rings. The normalized spacial score (nSPS) is 19.7. The van der Waals surface area contributed by atoms with E-state index in [1.807, 2.05) is 24.5 Å². The molecule has 34 heavy (non-hydrogen) atoms. The number of carbonyl (C=O) groups excluding carboxylic acids is 3. The zero-order chi connectivity index (χ0) is 24.4. The van der Waals surface area contributed by atoms with E-state index in [2.05, 4.69) is 16.0 Å². The quantitative estimate of drug-likeness (QED) is 0.630. The SMILES string of the molecule is CC(=O)Nc1ccc(NC(=O)[C@@H](NC(=O)N2CC3C[C@H](C2)Cn2c3cccc2=O)C(C)C)cc1. The molecule has 0 spiro atoms. The molecule has 1 aromatic carbocycles. The molecule has 3 N–H and O–H groups in total. The number of hydrogen-bond donors (Lipinski definition) is 3. The molecule has 1 unspecified atom stereocenters. The molecule has 2 bridgehead atoms. The number of anilines is 2. The van der Waals surface area contributed by atoms with Crippen LogP contribution in [0, 0.1) is 11.8 Å². The van der Waals surface area contributed by atoms with Crippen LogP contribution in [0.5, 0.6) is 0 Å². The van der Waals surface area contributed by atoms with Gasteiger partial charge >= 0.3 is 6.03 Å². The first-order valence-electron chi connectivity index (χ1n) is 11.6. The number of amides is 4. The van der Waals surface area contributed by atoms with Gasteiger partial charge in [0.25, 0.3) is 5.56 Å². The number of fused-ring (bicyclic) bond motifs is 4. The molecular formula is C25H31N5O4. The summed E-state index contributed by atoms with van der Waals surface area (Å²) in [6, 6.07) is 11.1. The van der Waals surface area contributed by atoms with Crippen molar-refractivity contribution in [1.29, 1.82) is 0 Å². The molecule has 4 rings (SSSR count). The van der Waals surface area contributed by atoms with Gasteiger partial charge in [0, 0.05) is 55.6 Å². The van der Waals surface area contributed by atoms with E-state index >= 15 is 0 Å². The van der Waals surface area contributed by atoms with Crippen molar-refractivity contribution in [2.75, 3.05) is 23.7 Å². The smallest absolute Gasteiger partial charge is 0.318 e. The van der Waals surface area contributed by atoms with Gasteiger partial charge in [0.2, 0.25) is 11.8 Å². The molecule has 180 valence electrons. The van der Waals surface area contributed by atoms with E-state index in [4.69, 9.17) is 0 Å². The number of pyridine rings is 1. The number of nitrogens with one attached hydrogen (secondary N) is 3. The Hall–Kier alpha value is -3.62. The van der Waals surface area contributed by atoms with E-state index < -0.39 is 6.04 Å². The molecular weight excluding hydrogens is 434 g/mol. The zero-order valence-corrected chi connectivity index (χ0v) is 19.7. The van der Waals surface area contributed by atoms with Crippen LogP contribution in [-0.2, 0) is 16.1 Å². The molecule has 4 amide bonds. The molecule has 2 aliphatic heterocycles. The summed E-state index contributed by atoms with van der Waals surface area (Å²) in [5.74, 6) is -0.265. The van der Waals surface area contributed by atoms with E-state index in [-0.39, 0.29) is 41.2 Å². The van der Waals surface area contributed by atoms with Crippen molar-refractivity contribution in [3.63, 3.8) is 0 Å². The topological polar surface area (TPSA) is 113 Å². The Labute approximate surface area is 198 Å². The van der Waals surface area contributed by atoms with Crippen LogP contribution in [0.3, 0.4) is 0 Å². The maximum atomic E-state index is 13.2. The van der Waals surface area contributed by atoms with Gasteiger partial charge in [-0.15, -0.1) is 0 Å². The summed E-state index contributed by atoms with van der Waals surface area (Å²) in [6.45, 7) is 6.89. The average molecular weight is 466 g/mol. The first-order chi connectivity index (χ1) is 16.2. The van der Waals surface area contributed by atoms with Gasteiger partial charge < -0.3 is 25.4 Å². The number of benzene rings is 1. The monoisotopic (exact) mass is 465 g/mol. The highest BCUT2D eigenvalue weighted by Crippen LogP contribution is 2.35. The fourth-order valence-corrected chi connectivity index (χ4v) is 4.88. The number of nitrogens with zero attached hydrogens (tertiary/aromatic N) is 2. The van der Waals surface area contributed by atoms with Gasteiger partial charge in [-0.2, -0.15) is 0 Å². The minimum atomic E-state index is -0.709. The molecule has 1 saturated heterocycles. The third kappa shape index (κ3) is 5.13. The molecule has 0 aliphatic carbocycles. The minimum absolute atomic E-state index is 0.00625. The van der Waals surface area contributed by atoms with Gasteiger partial charge in [0.1, 0.15) is 6.04 Å². The maximum absolute atomic E-state index is 13.2. The Kier molecular flexibility index (Phi) is 6.72. The summed E-state index contributed by atoms with van der Waals surface area (Å²) in [7, 11) is 0. The highest BCUT2D eigenvalue weighted by atomic mass is 16.2. The Morgan fingerprint density at radius 1 is 0.941 bits per heavy atom. The highest BCUT2D eigenvalue weighted by Gasteiger charge is 2.37. The number of hydrogen-bond acceptors (Lipinski definition) is 4.